The quantitative estimate of drug-likeness (QED) is 0.607. The van der Waals surface area contributed by atoms with Crippen LogP contribution in [0, 0.1) is 0 Å². The van der Waals surface area contributed by atoms with Crippen LogP contribution < -0.4 is 0 Å². The van der Waals surface area contributed by atoms with Crippen molar-refractivity contribution in [3.8, 4) is 0 Å². The largest absolute Gasteiger partial charge is 0.465 e. The molecule has 0 bridgehead atoms. The minimum atomic E-state index is -1.04. The van der Waals surface area contributed by atoms with Crippen LogP contribution >= 0.6 is 0 Å². The molecule has 0 amide bonds. The molecule has 90 valence electrons. The molecule has 1 atom stereocenters. The first-order chi connectivity index (χ1) is 8.13. The Hall–Kier alpha value is -2.01. The van der Waals surface area contributed by atoms with Crippen LogP contribution in [-0.4, -0.2) is 30.8 Å². The van der Waals surface area contributed by atoms with E-state index in [1.54, 1.807) is 0 Å². The van der Waals surface area contributed by atoms with E-state index in [0.29, 0.717) is 18.1 Å². The Labute approximate surface area is 98.0 Å². The lowest BCUT2D eigenvalue weighted by molar-refractivity contribution is -0.109. The van der Waals surface area contributed by atoms with Crippen molar-refractivity contribution in [2.75, 3.05) is 7.11 Å². The molecule has 17 heavy (non-hydrogen) atoms. The Morgan fingerprint density at radius 1 is 1.47 bits per heavy atom. The summed E-state index contributed by atoms with van der Waals surface area (Å²) in [5.41, 5.74) is 0.707. The average Bonchev–Trinajstić information content (AvgIpc) is 2.37. The third-order valence-corrected chi connectivity index (χ3v) is 2.31. The summed E-state index contributed by atoms with van der Waals surface area (Å²) < 4.78 is 4.51. The second-order valence-corrected chi connectivity index (χ2v) is 3.37. The highest BCUT2D eigenvalue weighted by molar-refractivity contribution is 5.92. The van der Waals surface area contributed by atoms with Crippen molar-refractivity contribution >= 4 is 18.5 Å². The zero-order chi connectivity index (χ0) is 12.8. The zero-order valence-corrected chi connectivity index (χ0v) is 9.25. The predicted molar refractivity (Wildman–Crippen MR) is 58.8 cm³/mol. The number of aliphatic hydroxyl groups is 1. The fourth-order valence-electron chi connectivity index (χ4n) is 1.44. The normalized spacial score (nSPS) is 11.6. The second kappa shape index (κ2) is 5.91. The van der Waals surface area contributed by atoms with Gasteiger partial charge in [0.25, 0.3) is 0 Å². The lowest BCUT2D eigenvalue weighted by Gasteiger charge is -2.11. The van der Waals surface area contributed by atoms with Crippen molar-refractivity contribution in [1.29, 1.82) is 0 Å². The highest BCUT2D eigenvalue weighted by Crippen LogP contribution is 2.20. The molecule has 5 heteroatoms. The first-order valence-corrected chi connectivity index (χ1v) is 4.93. The van der Waals surface area contributed by atoms with Gasteiger partial charge in [0.05, 0.1) is 18.8 Å². The molecular formula is C12H12O5. The van der Waals surface area contributed by atoms with E-state index in [1.165, 1.54) is 25.3 Å². The first-order valence-electron chi connectivity index (χ1n) is 4.93. The van der Waals surface area contributed by atoms with Crippen LogP contribution in [0.4, 0.5) is 0 Å². The van der Waals surface area contributed by atoms with Crippen molar-refractivity contribution in [3.05, 3.63) is 34.9 Å². The Kier molecular flexibility index (Phi) is 4.54. The van der Waals surface area contributed by atoms with Crippen LogP contribution in [0.1, 0.15) is 38.8 Å². The molecule has 0 radical (unpaired) electrons. The molecule has 1 aromatic carbocycles. The highest BCUT2D eigenvalue weighted by atomic mass is 16.5. The lowest BCUT2D eigenvalue weighted by Crippen LogP contribution is -2.06. The zero-order valence-electron chi connectivity index (χ0n) is 9.25. The Bertz CT molecular complexity index is 439. The van der Waals surface area contributed by atoms with Gasteiger partial charge in [-0.15, -0.1) is 0 Å². The van der Waals surface area contributed by atoms with Crippen molar-refractivity contribution in [1.82, 2.24) is 0 Å². The molecule has 1 rings (SSSR count). The molecule has 0 aliphatic heterocycles. The topological polar surface area (TPSA) is 80.7 Å². The minimum absolute atomic E-state index is 0.0988. The third-order valence-electron chi connectivity index (χ3n) is 2.31. The molecule has 0 heterocycles. The summed E-state index contributed by atoms with van der Waals surface area (Å²) in [5, 5.41) is 9.61. The number of rotatable bonds is 5. The summed E-state index contributed by atoms with van der Waals surface area (Å²) in [6.07, 6.45) is -0.0545. The third kappa shape index (κ3) is 2.98. The predicted octanol–water partition coefficient (Wildman–Crippen LogP) is 0.908. The van der Waals surface area contributed by atoms with Gasteiger partial charge in [-0.1, -0.05) is 6.07 Å². The minimum Gasteiger partial charge on any atom is -0.465 e. The molecule has 0 saturated heterocycles. The number of carbonyl (C=O) groups is 3. The van der Waals surface area contributed by atoms with Crippen molar-refractivity contribution in [2.45, 2.75) is 12.5 Å². The fraction of sp³-hybridized carbons (Fsp3) is 0.250. The standard InChI is InChI=1S/C12H12O5/c1-17-12(16)8-2-3-10(9(6-8)7-14)11(15)4-5-13/h2-3,5-7,11,15H,4H2,1H3. The molecule has 0 fully saturated rings. The van der Waals surface area contributed by atoms with Crippen LogP contribution in [0.2, 0.25) is 0 Å². The Morgan fingerprint density at radius 2 is 2.18 bits per heavy atom. The average molecular weight is 236 g/mol. The Balaban J connectivity index is 3.13. The first kappa shape index (κ1) is 13.1. The number of ether oxygens (including phenoxy) is 1. The van der Waals surface area contributed by atoms with Gasteiger partial charge in [-0.2, -0.15) is 0 Å². The van der Waals surface area contributed by atoms with Gasteiger partial charge in [0.1, 0.15) is 12.6 Å². The number of aldehydes is 2. The van der Waals surface area contributed by atoms with Crippen molar-refractivity contribution in [2.24, 2.45) is 0 Å². The number of aliphatic hydroxyl groups excluding tert-OH is 1. The highest BCUT2D eigenvalue weighted by Gasteiger charge is 2.14. The maximum Gasteiger partial charge on any atom is 0.337 e. The van der Waals surface area contributed by atoms with Crippen LogP contribution in [0.5, 0.6) is 0 Å². The van der Waals surface area contributed by atoms with E-state index >= 15 is 0 Å². The van der Waals surface area contributed by atoms with Gasteiger partial charge in [-0.3, -0.25) is 4.79 Å². The van der Waals surface area contributed by atoms with Gasteiger partial charge in [-0.05, 0) is 17.7 Å². The van der Waals surface area contributed by atoms with Gasteiger partial charge >= 0.3 is 5.97 Å². The molecule has 1 N–H and O–H groups in total. The lowest BCUT2D eigenvalue weighted by atomic mass is 9.99. The summed E-state index contributed by atoms with van der Waals surface area (Å²) >= 11 is 0. The SMILES string of the molecule is COC(=O)c1ccc(C(O)CC=O)c(C=O)c1. The summed E-state index contributed by atoms with van der Waals surface area (Å²) in [4.78, 5) is 32.4. The molecule has 0 saturated carbocycles. The molecule has 0 spiro atoms. The van der Waals surface area contributed by atoms with Gasteiger partial charge < -0.3 is 14.6 Å². The van der Waals surface area contributed by atoms with Crippen molar-refractivity contribution < 1.29 is 24.2 Å². The van der Waals surface area contributed by atoms with Gasteiger partial charge in [0, 0.05) is 12.0 Å². The number of hydrogen-bond donors (Lipinski definition) is 1. The van der Waals surface area contributed by atoms with Crippen LogP contribution in [-0.2, 0) is 9.53 Å². The fourth-order valence-corrected chi connectivity index (χ4v) is 1.44. The van der Waals surface area contributed by atoms with Crippen LogP contribution in [0.15, 0.2) is 18.2 Å². The maximum absolute atomic E-state index is 11.2. The molecule has 1 unspecified atom stereocenters. The number of benzene rings is 1. The van der Waals surface area contributed by atoms with Crippen LogP contribution in [0.25, 0.3) is 0 Å². The van der Waals surface area contributed by atoms with Gasteiger partial charge in [0.15, 0.2) is 0 Å². The van der Waals surface area contributed by atoms with Crippen molar-refractivity contribution in [3.63, 3.8) is 0 Å². The van der Waals surface area contributed by atoms with Gasteiger partial charge in [-0.25, -0.2) is 4.79 Å². The summed E-state index contributed by atoms with van der Waals surface area (Å²) in [6.45, 7) is 0. The molecule has 0 aromatic heterocycles. The monoisotopic (exact) mass is 236 g/mol. The van der Waals surface area contributed by atoms with E-state index in [4.69, 9.17) is 0 Å². The smallest absolute Gasteiger partial charge is 0.337 e. The van der Waals surface area contributed by atoms with E-state index < -0.39 is 12.1 Å². The molecular weight excluding hydrogens is 224 g/mol. The second-order valence-electron chi connectivity index (χ2n) is 3.37. The molecule has 1 aromatic rings. The number of carbonyl (C=O) groups excluding carboxylic acids is 3. The van der Waals surface area contributed by atoms with E-state index in [9.17, 15) is 19.5 Å². The van der Waals surface area contributed by atoms with Crippen LogP contribution in [0.3, 0.4) is 0 Å². The molecule has 0 aliphatic rings. The summed E-state index contributed by atoms with van der Waals surface area (Å²) in [6, 6.07) is 4.19. The number of esters is 1. The number of methoxy groups -OCH3 is 1. The van der Waals surface area contributed by atoms with Gasteiger partial charge in [0.2, 0.25) is 0 Å². The number of hydrogen-bond acceptors (Lipinski definition) is 5. The van der Waals surface area contributed by atoms with E-state index in [0.717, 1.165) is 0 Å². The molecule has 0 aliphatic carbocycles. The van der Waals surface area contributed by atoms with E-state index in [1.807, 2.05) is 0 Å². The maximum atomic E-state index is 11.2. The Morgan fingerprint density at radius 3 is 2.71 bits per heavy atom. The summed E-state index contributed by atoms with van der Waals surface area (Å²) in [5.74, 6) is -0.565. The summed E-state index contributed by atoms with van der Waals surface area (Å²) in [7, 11) is 1.23. The molecule has 5 nitrogen and oxygen atoms in total. The van der Waals surface area contributed by atoms with E-state index in [2.05, 4.69) is 4.74 Å². The van der Waals surface area contributed by atoms with E-state index in [-0.39, 0.29) is 17.5 Å².